The zero-order valence-electron chi connectivity index (χ0n) is 31.0. The van der Waals surface area contributed by atoms with E-state index in [-0.39, 0.29) is 0 Å². The highest BCUT2D eigenvalue weighted by Gasteiger charge is 2.19. The summed E-state index contributed by atoms with van der Waals surface area (Å²) in [7, 11) is 0. The topological polar surface area (TPSA) is 14.8 Å². The zero-order valence-corrected chi connectivity index (χ0v) is 31.0. The Morgan fingerprint density at radius 3 is 0.895 bits per heavy atom. The standard InChI is InChI=1S/C54H35N3/c1-2-15-36(16-3-1)37-17-12-21-41(31-37)56-51-29-10-6-25-45(51)47-35-54-48(34-53(47)56)46-26-7-11-30-52(46)57(54)42-22-14-19-39(33-42)38-18-13-20-40(32-38)55-49-27-8-4-23-43(49)44-24-5-9-28-50(44)55/h1-35H. The molecule has 0 spiro atoms. The van der Waals surface area contributed by atoms with Gasteiger partial charge < -0.3 is 13.7 Å². The lowest BCUT2D eigenvalue weighted by atomic mass is 10.0. The van der Waals surface area contributed by atoms with Gasteiger partial charge in [0.1, 0.15) is 0 Å². The highest BCUT2D eigenvalue weighted by molar-refractivity contribution is 6.19. The van der Waals surface area contributed by atoms with E-state index in [1.54, 1.807) is 0 Å². The van der Waals surface area contributed by atoms with Gasteiger partial charge in [0.25, 0.3) is 0 Å². The van der Waals surface area contributed by atoms with Crippen LogP contribution in [0.3, 0.4) is 0 Å². The Morgan fingerprint density at radius 2 is 0.491 bits per heavy atom. The molecule has 266 valence electrons. The van der Waals surface area contributed by atoms with Crippen LogP contribution in [-0.4, -0.2) is 13.7 Å². The van der Waals surface area contributed by atoms with Crippen molar-refractivity contribution >= 4 is 65.4 Å². The third-order valence-electron chi connectivity index (χ3n) is 11.8. The lowest BCUT2D eigenvalue weighted by molar-refractivity contribution is 1.17. The number of rotatable bonds is 5. The largest absolute Gasteiger partial charge is 0.309 e. The molecule has 3 aromatic heterocycles. The van der Waals surface area contributed by atoms with Crippen LogP contribution in [0.2, 0.25) is 0 Å². The molecule has 3 heteroatoms. The van der Waals surface area contributed by atoms with Crippen LogP contribution in [0, 0.1) is 0 Å². The van der Waals surface area contributed by atoms with Crippen LogP contribution in [0.25, 0.3) is 105 Å². The first-order valence-corrected chi connectivity index (χ1v) is 19.6. The number of hydrogen-bond donors (Lipinski definition) is 0. The molecule has 12 rings (SSSR count). The van der Waals surface area contributed by atoms with Crippen molar-refractivity contribution in [2.45, 2.75) is 0 Å². The van der Waals surface area contributed by atoms with Crippen molar-refractivity contribution in [3.05, 3.63) is 212 Å². The van der Waals surface area contributed by atoms with Crippen LogP contribution in [0.15, 0.2) is 212 Å². The van der Waals surface area contributed by atoms with Crippen molar-refractivity contribution in [1.82, 2.24) is 13.7 Å². The number of benzene rings is 9. The highest BCUT2D eigenvalue weighted by atomic mass is 15.0. The molecule has 0 N–H and O–H groups in total. The molecule has 3 heterocycles. The first-order valence-electron chi connectivity index (χ1n) is 19.6. The molecule has 0 saturated carbocycles. The molecule has 0 fully saturated rings. The number of nitrogens with zero attached hydrogens (tertiary/aromatic N) is 3. The fourth-order valence-electron chi connectivity index (χ4n) is 9.29. The third-order valence-corrected chi connectivity index (χ3v) is 11.8. The Balaban J connectivity index is 1.05. The maximum atomic E-state index is 2.45. The fraction of sp³-hybridized carbons (Fsp3) is 0. The van der Waals surface area contributed by atoms with Crippen molar-refractivity contribution in [2.75, 3.05) is 0 Å². The molecular weight excluding hydrogens is 691 g/mol. The van der Waals surface area contributed by atoms with Gasteiger partial charge in [-0.3, -0.25) is 0 Å². The molecule has 0 aliphatic rings. The number of fused-ring (bicyclic) bond motifs is 9. The Hall–Kier alpha value is -7.62. The maximum absolute atomic E-state index is 2.45. The summed E-state index contributed by atoms with van der Waals surface area (Å²) >= 11 is 0. The van der Waals surface area contributed by atoms with E-state index in [2.05, 4.69) is 226 Å². The van der Waals surface area contributed by atoms with Gasteiger partial charge in [-0.25, -0.2) is 0 Å². The number of aromatic nitrogens is 3. The quantitative estimate of drug-likeness (QED) is 0.168. The Bertz CT molecular complexity index is 3470. The van der Waals surface area contributed by atoms with Crippen LogP contribution >= 0.6 is 0 Å². The van der Waals surface area contributed by atoms with Gasteiger partial charge in [-0.2, -0.15) is 0 Å². The van der Waals surface area contributed by atoms with Gasteiger partial charge in [0.2, 0.25) is 0 Å². The molecular formula is C54H35N3. The third kappa shape index (κ3) is 4.86. The Kier molecular flexibility index (Phi) is 6.93. The van der Waals surface area contributed by atoms with E-state index in [0.29, 0.717) is 0 Å². The van der Waals surface area contributed by atoms with Crippen molar-refractivity contribution in [3.63, 3.8) is 0 Å². The smallest absolute Gasteiger partial charge is 0.0548 e. The molecule has 0 saturated heterocycles. The Morgan fingerprint density at radius 1 is 0.193 bits per heavy atom. The highest BCUT2D eigenvalue weighted by Crippen LogP contribution is 2.41. The second-order valence-corrected chi connectivity index (χ2v) is 15.0. The molecule has 0 aliphatic carbocycles. The van der Waals surface area contributed by atoms with Crippen molar-refractivity contribution < 1.29 is 0 Å². The van der Waals surface area contributed by atoms with Crippen LogP contribution in [-0.2, 0) is 0 Å². The van der Waals surface area contributed by atoms with Crippen molar-refractivity contribution in [2.24, 2.45) is 0 Å². The second kappa shape index (κ2) is 12.5. The molecule has 57 heavy (non-hydrogen) atoms. The minimum Gasteiger partial charge on any atom is -0.309 e. The SMILES string of the molecule is c1ccc(-c2cccc(-n3c4ccccc4c4cc5c(cc43)c3ccccc3n5-c3cccc(-c4cccc(-n5c6ccccc6c6ccccc65)c4)c3)c2)cc1. The summed E-state index contributed by atoms with van der Waals surface area (Å²) in [4.78, 5) is 0. The summed E-state index contributed by atoms with van der Waals surface area (Å²) in [5.74, 6) is 0. The van der Waals surface area contributed by atoms with Crippen LogP contribution < -0.4 is 0 Å². The summed E-state index contributed by atoms with van der Waals surface area (Å²) in [5, 5.41) is 7.49. The Labute approximate surface area is 329 Å². The monoisotopic (exact) mass is 725 g/mol. The van der Waals surface area contributed by atoms with Crippen LogP contribution in [0.4, 0.5) is 0 Å². The molecule has 3 nitrogen and oxygen atoms in total. The van der Waals surface area contributed by atoms with Gasteiger partial charge in [-0.1, -0.05) is 140 Å². The van der Waals surface area contributed by atoms with E-state index in [9.17, 15) is 0 Å². The number of para-hydroxylation sites is 4. The summed E-state index contributed by atoms with van der Waals surface area (Å²) in [6.07, 6.45) is 0. The van der Waals surface area contributed by atoms with E-state index in [1.807, 2.05) is 0 Å². The van der Waals surface area contributed by atoms with Crippen LogP contribution in [0.5, 0.6) is 0 Å². The van der Waals surface area contributed by atoms with Gasteiger partial charge in [-0.05, 0) is 95.1 Å². The first kappa shape index (κ1) is 31.7. The van der Waals surface area contributed by atoms with E-state index in [1.165, 1.54) is 87.7 Å². The molecule has 0 amide bonds. The van der Waals surface area contributed by atoms with E-state index < -0.39 is 0 Å². The average Bonchev–Trinajstić information content (AvgIpc) is 3.91. The van der Waals surface area contributed by atoms with Gasteiger partial charge in [0.15, 0.2) is 0 Å². The lowest BCUT2D eigenvalue weighted by Crippen LogP contribution is -1.96. The van der Waals surface area contributed by atoms with Gasteiger partial charge >= 0.3 is 0 Å². The first-order chi connectivity index (χ1) is 28.3. The molecule has 0 unspecified atom stereocenters. The predicted molar refractivity (Wildman–Crippen MR) is 240 cm³/mol. The minimum atomic E-state index is 1.14. The van der Waals surface area contributed by atoms with E-state index in [4.69, 9.17) is 0 Å². The average molecular weight is 726 g/mol. The number of hydrogen-bond acceptors (Lipinski definition) is 0. The molecule has 9 aromatic carbocycles. The maximum Gasteiger partial charge on any atom is 0.0548 e. The summed E-state index contributed by atoms with van der Waals surface area (Å²) in [5.41, 5.74) is 15.4. The van der Waals surface area contributed by atoms with Crippen molar-refractivity contribution in [3.8, 4) is 39.3 Å². The molecule has 12 aromatic rings. The van der Waals surface area contributed by atoms with Gasteiger partial charge in [0, 0.05) is 49.4 Å². The molecule has 0 radical (unpaired) electrons. The summed E-state index contributed by atoms with van der Waals surface area (Å²) < 4.78 is 7.28. The predicted octanol–water partition coefficient (Wildman–Crippen LogP) is 14.3. The normalized spacial score (nSPS) is 11.9. The second-order valence-electron chi connectivity index (χ2n) is 15.0. The van der Waals surface area contributed by atoms with Gasteiger partial charge in [-0.15, -0.1) is 0 Å². The van der Waals surface area contributed by atoms with Gasteiger partial charge in [0.05, 0.1) is 33.1 Å². The summed E-state index contributed by atoms with van der Waals surface area (Å²) in [6.45, 7) is 0. The molecule has 0 aliphatic heterocycles. The van der Waals surface area contributed by atoms with Crippen LogP contribution in [0.1, 0.15) is 0 Å². The molecule has 0 atom stereocenters. The van der Waals surface area contributed by atoms with E-state index in [0.717, 1.165) is 17.1 Å². The van der Waals surface area contributed by atoms with E-state index >= 15 is 0 Å². The summed E-state index contributed by atoms with van der Waals surface area (Å²) in [6, 6.07) is 77.4. The van der Waals surface area contributed by atoms with Crippen molar-refractivity contribution in [1.29, 1.82) is 0 Å². The fourth-order valence-corrected chi connectivity index (χ4v) is 9.29. The minimum absolute atomic E-state index is 1.14. The lowest BCUT2D eigenvalue weighted by Gasteiger charge is -2.13. The molecule has 0 bridgehead atoms. The zero-order chi connectivity index (χ0) is 37.5.